The Morgan fingerprint density at radius 3 is 1.75 bits per heavy atom. The third-order valence-electron chi connectivity index (χ3n) is 0.878. The molecule has 0 heterocycles. The quantitative estimate of drug-likeness (QED) is 0.207. The van der Waals surface area contributed by atoms with Crippen LogP contribution in [0.25, 0.3) is 0 Å². The predicted molar refractivity (Wildman–Crippen MR) is 35.1 cm³/mol. The van der Waals surface area contributed by atoms with Gasteiger partial charge in [-0.05, 0) is 6.92 Å². The number of carbonyl (C=O) groups excluding carboxylic acids is 1. The first kappa shape index (κ1) is 13.9. The van der Waals surface area contributed by atoms with Crippen LogP contribution in [0, 0.1) is 0 Å². The average molecular weight is 182 g/mol. The number of carboxylic acids is 2. The first-order chi connectivity index (χ1) is 4.95. The summed E-state index contributed by atoms with van der Waals surface area (Å²) in [5, 5.41) is 16.3. The molecule has 0 radical (unpaired) electrons. The number of hydrogen-bond acceptors (Lipinski definition) is 3. The fraction of sp³-hybridized carbons (Fsp3) is 0.167. The van der Waals surface area contributed by atoms with Gasteiger partial charge in [0, 0.05) is 6.08 Å². The summed E-state index contributed by atoms with van der Waals surface area (Å²) in [6.45, 7) is 0.989. The number of hydrogen-bond donors (Lipinski definition) is 2. The largest absolute Gasteiger partial charge is 1.00 e. The first-order valence-corrected chi connectivity index (χ1v) is 2.64. The summed E-state index contributed by atoms with van der Waals surface area (Å²) in [5.74, 6) is -3.75. The van der Waals surface area contributed by atoms with E-state index >= 15 is 0 Å². The van der Waals surface area contributed by atoms with Gasteiger partial charge in [0.1, 0.15) is 5.57 Å². The average Bonchev–Trinajstić information content (AvgIpc) is 1.81. The molecule has 2 N–H and O–H groups in total. The Hall–Kier alpha value is -0.650. The van der Waals surface area contributed by atoms with Gasteiger partial charge in [-0.3, -0.25) is 4.79 Å². The molecule has 0 amide bonds. The molecule has 0 saturated heterocycles. The van der Waals surface area contributed by atoms with E-state index in [0.29, 0.717) is 6.08 Å². The number of ketones is 1. The van der Waals surface area contributed by atoms with E-state index in [1.807, 2.05) is 0 Å². The Kier molecular flexibility index (Phi) is 6.88. The van der Waals surface area contributed by atoms with Crippen LogP contribution in [0.3, 0.4) is 0 Å². The number of carbonyl (C=O) groups is 3. The second kappa shape index (κ2) is 5.93. The maximum Gasteiger partial charge on any atom is 1.00 e. The van der Waals surface area contributed by atoms with E-state index in [9.17, 15) is 14.4 Å². The van der Waals surface area contributed by atoms with Crippen molar-refractivity contribution in [2.75, 3.05) is 0 Å². The van der Waals surface area contributed by atoms with Gasteiger partial charge in [0.15, 0.2) is 5.78 Å². The van der Waals surface area contributed by atoms with E-state index in [1.165, 1.54) is 0 Å². The monoisotopic (exact) mass is 182 g/mol. The number of aliphatic carboxylic acids is 2. The minimum Gasteiger partial charge on any atom is -1.00 e. The van der Waals surface area contributed by atoms with Crippen molar-refractivity contribution in [3.63, 3.8) is 0 Å². The minimum absolute atomic E-state index is 0. The van der Waals surface area contributed by atoms with Gasteiger partial charge in [-0.1, -0.05) is 0 Å². The molecule has 0 saturated carbocycles. The van der Waals surface area contributed by atoms with Crippen molar-refractivity contribution in [1.29, 1.82) is 0 Å². The van der Waals surface area contributed by atoms with Crippen LogP contribution in [-0.2, 0) is 14.4 Å². The van der Waals surface area contributed by atoms with Crippen LogP contribution in [0.1, 0.15) is 8.35 Å². The van der Waals surface area contributed by atoms with E-state index in [4.69, 9.17) is 10.2 Å². The topological polar surface area (TPSA) is 91.7 Å². The Morgan fingerprint density at radius 2 is 1.67 bits per heavy atom. The molecule has 0 aliphatic heterocycles. The number of rotatable bonds is 3. The van der Waals surface area contributed by atoms with Crippen molar-refractivity contribution in [3.05, 3.63) is 11.6 Å². The third-order valence-corrected chi connectivity index (χ3v) is 0.878. The molecule has 0 aliphatic rings. The summed E-state index contributed by atoms with van der Waals surface area (Å²) in [5.41, 5.74) is -0.725. The molecule has 0 bridgehead atoms. The Morgan fingerprint density at radius 1 is 1.25 bits per heavy atom. The maximum absolute atomic E-state index is 10.4. The normalized spacial score (nSPS) is 9.92. The Balaban J connectivity index is -0.000000500. The van der Waals surface area contributed by atoms with E-state index in [0.717, 1.165) is 6.92 Å². The van der Waals surface area contributed by atoms with Crippen LogP contribution in [0.5, 0.6) is 0 Å². The molecule has 0 aromatic carbocycles. The molecular weight excluding hydrogens is 175 g/mol. The molecule has 0 unspecified atom stereocenters. The van der Waals surface area contributed by atoms with Gasteiger partial charge in [0.2, 0.25) is 0 Å². The first-order valence-electron chi connectivity index (χ1n) is 2.64. The fourth-order valence-electron chi connectivity index (χ4n) is 0.437. The molecule has 0 aromatic heterocycles. The summed E-state index contributed by atoms with van der Waals surface area (Å²) in [6.07, 6.45) is 0.366. The summed E-state index contributed by atoms with van der Waals surface area (Å²) < 4.78 is 0. The van der Waals surface area contributed by atoms with Crippen molar-refractivity contribution < 1.29 is 55.6 Å². The summed E-state index contributed by atoms with van der Waals surface area (Å²) in [7, 11) is 0. The van der Waals surface area contributed by atoms with Crippen LogP contribution in [0.4, 0.5) is 0 Å². The van der Waals surface area contributed by atoms with E-state index in [1.54, 1.807) is 0 Å². The van der Waals surface area contributed by atoms with Crippen LogP contribution in [0.2, 0.25) is 0 Å². The Bertz CT molecular complexity index is 231. The zero-order chi connectivity index (χ0) is 9.02. The zero-order valence-corrected chi connectivity index (χ0v) is 8.70. The van der Waals surface area contributed by atoms with Crippen molar-refractivity contribution in [2.45, 2.75) is 6.92 Å². The van der Waals surface area contributed by atoms with Gasteiger partial charge in [-0.2, -0.15) is 0 Å². The van der Waals surface area contributed by atoms with E-state index in [2.05, 4.69) is 0 Å². The van der Waals surface area contributed by atoms with Crippen molar-refractivity contribution in [1.82, 2.24) is 0 Å². The smallest absolute Gasteiger partial charge is 1.00 e. The van der Waals surface area contributed by atoms with Gasteiger partial charge >= 0.3 is 41.5 Å². The van der Waals surface area contributed by atoms with Gasteiger partial charge in [0.25, 0.3) is 0 Å². The van der Waals surface area contributed by atoms with Gasteiger partial charge in [-0.15, -0.1) is 0 Å². The predicted octanol–water partition coefficient (Wildman–Crippen LogP) is -3.21. The van der Waals surface area contributed by atoms with Gasteiger partial charge in [-0.25, -0.2) is 9.59 Å². The van der Waals surface area contributed by atoms with Gasteiger partial charge in [0.05, 0.1) is 0 Å². The second-order valence-electron chi connectivity index (χ2n) is 1.76. The molecule has 62 valence electrons. The van der Waals surface area contributed by atoms with Crippen molar-refractivity contribution >= 4 is 17.7 Å². The SMILES string of the molecule is CC(=O)/C(=C\C(=O)O)C(=O)O.[H-].[Na+]. The van der Waals surface area contributed by atoms with Crippen molar-refractivity contribution in [3.8, 4) is 0 Å². The summed E-state index contributed by atoms with van der Waals surface area (Å²) >= 11 is 0. The molecule has 0 atom stereocenters. The van der Waals surface area contributed by atoms with E-state index < -0.39 is 23.3 Å². The molecule has 6 heteroatoms. The van der Waals surface area contributed by atoms with Crippen molar-refractivity contribution in [2.24, 2.45) is 0 Å². The summed E-state index contributed by atoms with van der Waals surface area (Å²) in [4.78, 5) is 30.5. The van der Waals surface area contributed by atoms with E-state index in [-0.39, 0.29) is 31.0 Å². The maximum atomic E-state index is 10.4. The van der Waals surface area contributed by atoms with Gasteiger partial charge < -0.3 is 11.6 Å². The molecular formula is C6H7NaO5. The number of Topliss-reactive ketones (excluding diaryl/α,β-unsaturated/α-hetero) is 1. The molecule has 0 aliphatic carbocycles. The third kappa shape index (κ3) is 5.06. The molecule has 0 fully saturated rings. The van der Waals surface area contributed by atoms with Crippen LogP contribution in [0.15, 0.2) is 11.6 Å². The Labute approximate surface area is 91.8 Å². The standard InChI is InChI=1S/C6H6O5.Na.H/c1-3(7)4(6(10)11)2-5(8)9;;/h2H,1H3,(H,8,9)(H,10,11);;/q;+1;-1/b4-2+;;. The molecule has 0 spiro atoms. The zero-order valence-electron chi connectivity index (χ0n) is 7.70. The van der Waals surface area contributed by atoms with Crippen LogP contribution >= 0.6 is 0 Å². The van der Waals surface area contributed by atoms with Crippen LogP contribution in [-0.4, -0.2) is 27.9 Å². The molecule has 5 nitrogen and oxygen atoms in total. The second-order valence-corrected chi connectivity index (χ2v) is 1.76. The van der Waals surface area contributed by atoms with Crippen LogP contribution < -0.4 is 29.6 Å². The molecule has 0 rings (SSSR count). The fourth-order valence-corrected chi connectivity index (χ4v) is 0.437. The summed E-state index contributed by atoms with van der Waals surface area (Å²) in [6, 6.07) is 0. The molecule has 12 heavy (non-hydrogen) atoms. The number of carboxylic acid groups (broad SMARTS) is 2. The minimum atomic E-state index is -1.53. The molecule has 0 aromatic rings.